The zero-order valence-electron chi connectivity index (χ0n) is 14.5. The summed E-state index contributed by atoms with van der Waals surface area (Å²) in [6.07, 6.45) is 0. The van der Waals surface area contributed by atoms with Gasteiger partial charge >= 0.3 is 5.69 Å². The number of nitro groups is 1. The summed E-state index contributed by atoms with van der Waals surface area (Å²) in [7, 11) is 1.39. The van der Waals surface area contributed by atoms with Gasteiger partial charge in [0.2, 0.25) is 5.82 Å². The maximum absolute atomic E-state index is 14.2. The average Bonchev–Trinajstić information content (AvgIpc) is 3.10. The number of nitro benzene ring substituents is 1. The summed E-state index contributed by atoms with van der Waals surface area (Å²) in [5.41, 5.74) is 0.558. The fourth-order valence-corrected chi connectivity index (χ4v) is 3.26. The van der Waals surface area contributed by atoms with Gasteiger partial charge in [-0.15, -0.1) is 10.2 Å². The second-order valence-corrected chi connectivity index (χ2v) is 6.11. The van der Waals surface area contributed by atoms with Crippen LogP contribution in [0.2, 0.25) is 0 Å². The Balaban J connectivity index is 1.71. The Morgan fingerprint density at radius 3 is 2.67 bits per heavy atom. The molecule has 138 valence electrons. The van der Waals surface area contributed by atoms with Crippen LogP contribution in [0.25, 0.3) is 11.4 Å². The SMILES string of the molecule is COc1cc(F)c([N+](=O)[O-])c(N2CCn3c(nnc3-c3ccccc3)C2)c1. The van der Waals surface area contributed by atoms with Crippen molar-refractivity contribution in [1.82, 2.24) is 14.8 Å². The van der Waals surface area contributed by atoms with Gasteiger partial charge in [0.05, 0.1) is 18.6 Å². The van der Waals surface area contributed by atoms with Crippen molar-refractivity contribution in [3.05, 3.63) is 64.2 Å². The number of fused-ring (bicyclic) bond motifs is 1. The Bertz CT molecular complexity index is 1010. The standard InChI is InChI=1S/C18H16FN5O3/c1-27-13-9-14(19)17(24(25)26)15(10-13)22-7-8-23-16(11-22)20-21-18(23)12-5-3-2-4-6-12/h2-6,9-10H,7-8,11H2,1H3. The molecule has 9 heteroatoms. The van der Waals surface area contributed by atoms with E-state index in [1.165, 1.54) is 13.2 Å². The van der Waals surface area contributed by atoms with Crippen LogP contribution >= 0.6 is 0 Å². The van der Waals surface area contributed by atoms with Gasteiger partial charge in [-0.1, -0.05) is 30.3 Å². The first-order valence-corrected chi connectivity index (χ1v) is 8.33. The molecule has 0 atom stereocenters. The van der Waals surface area contributed by atoms with Crippen molar-refractivity contribution in [2.45, 2.75) is 13.1 Å². The molecule has 1 aliphatic rings. The molecule has 0 fully saturated rings. The second-order valence-electron chi connectivity index (χ2n) is 6.11. The molecular weight excluding hydrogens is 353 g/mol. The maximum atomic E-state index is 14.2. The normalized spacial score (nSPS) is 13.3. The smallest absolute Gasteiger partial charge is 0.328 e. The van der Waals surface area contributed by atoms with E-state index in [4.69, 9.17) is 4.74 Å². The van der Waals surface area contributed by atoms with E-state index in [2.05, 4.69) is 10.2 Å². The van der Waals surface area contributed by atoms with Crippen LogP contribution in [0.5, 0.6) is 5.75 Å². The Kier molecular flexibility index (Phi) is 4.19. The van der Waals surface area contributed by atoms with E-state index in [-0.39, 0.29) is 18.0 Å². The minimum atomic E-state index is -0.925. The predicted molar refractivity (Wildman–Crippen MR) is 96.1 cm³/mol. The number of halogens is 1. The first kappa shape index (κ1) is 17.0. The fraction of sp³-hybridized carbons (Fsp3) is 0.222. The van der Waals surface area contributed by atoms with E-state index in [0.717, 1.165) is 17.5 Å². The molecule has 8 nitrogen and oxygen atoms in total. The molecule has 27 heavy (non-hydrogen) atoms. The van der Waals surface area contributed by atoms with Gasteiger partial charge < -0.3 is 14.2 Å². The molecule has 1 aromatic heterocycles. The molecule has 0 saturated heterocycles. The lowest BCUT2D eigenvalue weighted by molar-refractivity contribution is -0.386. The highest BCUT2D eigenvalue weighted by atomic mass is 19.1. The summed E-state index contributed by atoms with van der Waals surface area (Å²) < 4.78 is 21.3. The summed E-state index contributed by atoms with van der Waals surface area (Å²) >= 11 is 0. The van der Waals surface area contributed by atoms with Crippen LogP contribution in [0.1, 0.15) is 5.82 Å². The maximum Gasteiger partial charge on any atom is 0.328 e. The minimum Gasteiger partial charge on any atom is -0.497 e. The summed E-state index contributed by atoms with van der Waals surface area (Å²) in [6, 6.07) is 12.2. The van der Waals surface area contributed by atoms with Crippen molar-refractivity contribution in [3.8, 4) is 17.1 Å². The highest BCUT2D eigenvalue weighted by Crippen LogP contribution is 2.37. The second kappa shape index (κ2) is 6.67. The van der Waals surface area contributed by atoms with Crippen LogP contribution in [0.4, 0.5) is 15.8 Å². The molecule has 1 aliphatic heterocycles. The Labute approximate surface area is 154 Å². The van der Waals surface area contributed by atoms with Crippen molar-refractivity contribution < 1.29 is 14.1 Å². The fourth-order valence-electron chi connectivity index (χ4n) is 3.26. The Morgan fingerprint density at radius 2 is 1.96 bits per heavy atom. The zero-order chi connectivity index (χ0) is 19.0. The molecule has 2 heterocycles. The van der Waals surface area contributed by atoms with Crippen LogP contribution in [0, 0.1) is 15.9 Å². The first-order chi connectivity index (χ1) is 13.1. The molecule has 2 aromatic carbocycles. The zero-order valence-corrected chi connectivity index (χ0v) is 14.5. The van der Waals surface area contributed by atoms with E-state index >= 15 is 0 Å². The lowest BCUT2D eigenvalue weighted by atomic mass is 10.2. The molecular formula is C18H16FN5O3. The minimum absolute atomic E-state index is 0.173. The quantitative estimate of drug-likeness (QED) is 0.519. The topological polar surface area (TPSA) is 86.3 Å². The van der Waals surface area contributed by atoms with Gasteiger partial charge in [0.1, 0.15) is 11.4 Å². The number of anilines is 1. The van der Waals surface area contributed by atoms with Gasteiger partial charge in [0, 0.05) is 30.8 Å². The van der Waals surface area contributed by atoms with Gasteiger partial charge in [-0.25, -0.2) is 0 Å². The molecule has 0 radical (unpaired) electrons. The average molecular weight is 369 g/mol. The number of benzene rings is 2. The summed E-state index contributed by atoms with van der Waals surface area (Å²) in [6.45, 7) is 1.27. The summed E-state index contributed by atoms with van der Waals surface area (Å²) in [5, 5.41) is 19.9. The van der Waals surface area contributed by atoms with Crippen LogP contribution in [-0.2, 0) is 13.1 Å². The highest BCUT2D eigenvalue weighted by Gasteiger charge is 2.30. The van der Waals surface area contributed by atoms with Crippen molar-refractivity contribution >= 4 is 11.4 Å². The number of aromatic nitrogens is 3. The predicted octanol–water partition coefficient (Wildman–Crippen LogP) is 3.02. The molecule has 0 bridgehead atoms. The van der Waals surface area contributed by atoms with Gasteiger partial charge in [-0.3, -0.25) is 10.1 Å². The van der Waals surface area contributed by atoms with Gasteiger partial charge in [0.15, 0.2) is 11.6 Å². The number of ether oxygens (including phenoxy) is 1. The molecule has 3 aromatic rings. The van der Waals surface area contributed by atoms with Crippen LogP contribution in [0.15, 0.2) is 42.5 Å². The third-order valence-corrected chi connectivity index (χ3v) is 4.56. The number of rotatable bonds is 4. The van der Waals surface area contributed by atoms with E-state index in [1.807, 2.05) is 34.9 Å². The molecule has 4 rings (SSSR count). The van der Waals surface area contributed by atoms with Gasteiger partial charge in [0.25, 0.3) is 0 Å². The van der Waals surface area contributed by atoms with E-state index in [1.54, 1.807) is 4.90 Å². The van der Waals surface area contributed by atoms with Gasteiger partial charge in [-0.2, -0.15) is 4.39 Å². The third-order valence-electron chi connectivity index (χ3n) is 4.56. The molecule has 0 N–H and O–H groups in total. The van der Waals surface area contributed by atoms with Crippen molar-refractivity contribution in [2.24, 2.45) is 0 Å². The summed E-state index contributed by atoms with van der Waals surface area (Å²) in [4.78, 5) is 12.4. The molecule has 0 spiro atoms. The number of nitrogens with zero attached hydrogens (tertiary/aromatic N) is 5. The third kappa shape index (κ3) is 2.97. The van der Waals surface area contributed by atoms with Crippen molar-refractivity contribution in [1.29, 1.82) is 0 Å². The van der Waals surface area contributed by atoms with Crippen LogP contribution in [-0.4, -0.2) is 33.3 Å². The van der Waals surface area contributed by atoms with E-state index in [9.17, 15) is 14.5 Å². The lowest BCUT2D eigenvalue weighted by Crippen LogP contribution is -2.34. The van der Waals surface area contributed by atoms with Crippen LogP contribution in [0.3, 0.4) is 0 Å². The Morgan fingerprint density at radius 1 is 1.19 bits per heavy atom. The molecule has 0 aliphatic carbocycles. The Hall–Kier alpha value is -3.49. The first-order valence-electron chi connectivity index (χ1n) is 8.33. The number of hydrogen-bond acceptors (Lipinski definition) is 6. The summed E-state index contributed by atoms with van der Waals surface area (Å²) in [5.74, 6) is 0.714. The van der Waals surface area contributed by atoms with Crippen molar-refractivity contribution in [2.75, 3.05) is 18.6 Å². The van der Waals surface area contributed by atoms with Gasteiger partial charge in [-0.05, 0) is 0 Å². The largest absolute Gasteiger partial charge is 0.497 e. The molecule has 0 amide bonds. The van der Waals surface area contributed by atoms with Crippen LogP contribution < -0.4 is 9.64 Å². The van der Waals surface area contributed by atoms with E-state index in [0.29, 0.717) is 18.9 Å². The molecule has 0 unspecified atom stereocenters. The molecule has 0 saturated carbocycles. The monoisotopic (exact) mass is 369 g/mol. The number of hydrogen-bond donors (Lipinski definition) is 0. The number of methoxy groups -OCH3 is 1. The van der Waals surface area contributed by atoms with E-state index < -0.39 is 16.4 Å². The highest BCUT2D eigenvalue weighted by molar-refractivity contribution is 5.67. The van der Waals surface area contributed by atoms with Crippen molar-refractivity contribution in [3.63, 3.8) is 0 Å². The lowest BCUT2D eigenvalue weighted by Gasteiger charge is -2.29.